The standard InChI is InChI=1S/6FH.2Fe.H3O4P/c;;;;;;;;1-5(2,3)4/h6*1H;;;(H3,1,2,3,4)/q;;;;;;+3;+6;/p-9. The predicted octanol–water partition coefficient (Wildman–Crippen LogP) is -0.308. The van der Waals surface area contributed by atoms with Crippen LogP contribution in [0.25, 0.3) is 0 Å². The molecule has 1 radical (unpaired) electrons. The second kappa shape index (κ2) is 3.71. The molecular formula is F6Fe2O4P. The zero-order valence-electron chi connectivity index (χ0n) is 5.06. The van der Waals surface area contributed by atoms with E-state index in [1.165, 1.54) is 0 Å². The van der Waals surface area contributed by atoms with Crippen molar-refractivity contribution < 1.29 is 71.1 Å². The van der Waals surface area contributed by atoms with Crippen molar-refractivity contribution in [1.82, 2.24) is 0 Å². The summed E-state index contributed by atoms with van der Waals surface area (Å²) >= 11 is -10.8. The van der Waals surface area contributed by atoms with Crippen LogP contribution in [0.15, 0.2) is 0 Å². The van der Waals surface area contributed by atoms with Gasteiger partial charge in [-0.15, -0.1) is 0 Å². The van der Waals surface area contributed by atoms with Crippen molar-refractivity contribution in [2.75, 3.05) is 0 Å². The molecule has 0 amide bonds. The topological polar surface area (TPSA) is 86.2 Å². The zero-order valence-corrected chi connectivity index (χ0v) is 8.16. The van der Waals surface area contributed by atoms with Gasteiger partial charge in [0.25, 0.3) is 0 Å². The molecule has 0 rings (SSSR count). The van der Waals surface area contributed by atoms with Crippen molar-refractivity contribution in [2.45, 2.75) is 0 Å². The fourth-order valence-corrected chi connectivity index (χ4v) is 0. The molecule has 0 atom stereocenters. The number of hydrogen-bond acceptors (Lipinski definition) is 4. The SMILES string of the molecule is O=P([O-])([O-])[O-].[F][Fe]([F])([F])([F])([F])[F].[Fe+3]. The molecule has 0 saturated carbocycles. The summed E-state index contributed by atoms with van der Waals surface area (Å²) in [5, 5.41) is 0. The number of rotatable bonds is 0. The van der Waals surface area contributed by atoms with Crippen LogP contribution in [-0.4, -0.2) is 0 Å². The minimum atomic E-state index is -10.8. The molecule has 0 aliphatic rings. The molecule has 0 aliphatic carbocycles. The number of hydrogen-bond donors (Lipinski definition) is 0. The van der Waals surface area contributed by atoms with Crippen LogP contribution in [0.5, 0.6) is 0 Å². The molecule has 13 heavy (non-hydrogen) atoms. The van der Waals surface area contributed by atoms with E-state index in [4.69, 9.17) is 19.2 Å². The van der Waals surface area contributed by atoms with Crippen molar-refractivity contribution in [1.29, 1.82) is 0 Å². The number of phosphoric acid groups is 1. The van der Waals surface area contributed by atoms with E-state index in [0.29, 0.717) is 0 Å². The maximum absolute atomic E-state index is 10.8. The fourth-order valence-electron chi connectivity index (χ4n) is 0. The molecule has 0 spiro atoms. The first-order chi connectivity index (χ1) is 4.45. The van der Waals surface area contributed by atoms with Gasteiger partial charge in [-0.1, -0.05) is 0 Å². The van der Waals surface area contributed by atoms with Crippen LogP contribution in [0.1, 0.15) is 0 Å². The van der Waals surface area contributed by atoms with E-state index in [0.717, 1.165) is 0 Å². The van der Waals surface area contributed by atoms with E-state index >= 15 is 0 Å². The molecule has 0 saturated heterocycles. The molecule has 0 bridgehead atoms. The van der Waals surface area contributed by atoms with Crippen molar-refractivity contribution in [3.8, 4) is 0 Å². The second-order valence-electron chi connectivity index (χ2n) is 1.20. The fraction of sp³-hybridized carbons (Fsp3) is 0. The van der Waals surface area contributed by atoms with Crippen LogP contribution in [0.3, 0.4) is 0 Å². The third kappa shape index (κ3) is 2760. The van der Waals surface area contributed by atoms with Gasteiger partial charge in [-0.2, -0.15) is 7.82 Å². The summed E-state index contributed by atoms with van der Waals surface area (Å²) in [4.78, 5) is 25.6. The maximum Gasteiger partial charge on any atom is 3.00 e. The Bertz CT molecular complexity index is 176. The Morgan fingerprint density at radius 1 is 0.846 bits per heavy atom. The van der Waals surface area contributed by atoms with Crippen LogP contribution >= 0.6 is 7.82 Å². The molecule has 0 heterocycles. The first-order valence-corrected chi connectivity index (χ1v) is 5.50. The summed E-state index contributed by atoms with van der Waals surface area (Å²) in [6.45, 7) is 0. The second-order valence-corrected chi connectivity index (χ2v) is 4.47. The molecule has 0 fully saturated rings. The summed E-state index contributed by atoms with van der Waals surface area (Å²) in [5.74, 6) is 0. The van der Waals surface area contributed by atoms with E-state index in [1.807, 2.05) is 0 Å². The Morgan fingerprint density at radius 3 is 0.846 bits per heavy atom. The molecule has 87 valence electrons. The summed E-state index contributed by atoms with van der Waals surface area (Å²) in [7, 11) is -5.39. The van der Waals surface area contributed by atoms with Gasteiger partial charge in [-0.05, 0) is 0 Å². The van der Waals surface area contributed by atoms with Gasteiger partial charge >= 0.3 is 51.8 Å². The monoisotopic (exact) mass is 321 g/mol. The van der Waals surface area contributed by atoms with Gasteiger partial charge in [0.15, 0.2) is 0 Å². The van der Waals surface area contributed by atoms with Crippen molar-refractivity contribution in [3.05, 3.63) is 0 Å². The minimum absolute atomic E-state index is 0. The molecule has 0 aliphatic heterocycles. The normalized spacial score (nSPS) is 17.0. The third-order valence-corrected chi connectivity index (χ3v) is 0. The van der Waals surface area contributed by atoms with Gasteiger partial charge in [-0.25, -0.2) is 0 Å². The molecular weight excluding hydrogens is 321 g/mol. The van der Waals surface area contributed by atoms with Crippen LogP contribution in [0.2, 0.25) is 0 Å². The summed E-state index contributed by atoms with van der Waals surface area (Å²) in [6.07, 6.45) is 0. The van der Waals surface area contributed by atoms with E-state index < -0.39 is 21.3 Å². The average molecular weight is 321 g/mol. The van der Waals surface area contributed by atoms with Crippen LogP contribution in [0, 0.1) is 0 Å². The summed E-state index contributed by atoms with van der Waals surface area (Å²) in [6, 6.07) is 0. The minimum Gasteiger partial charge on any atom is 3.00 e. The molecule has 0 unspecified atom stereocenters. The van der Waals surface area contributed by atoms with Crippen LogP contribution in [0.4, 0.5) is 21.3 Å². The zero-order chi connectivity index (χ0) is 10.9. The quantitative estimate of drug-likeness (QED) is 0.348. The van der Waals surface area contributed by atoms with E-state index in [-0.39, 0.29) is 17.1 Å². The summed E-state index contributed by atoms with van der Waals surface area (Å²) < 4.78 is 67.8. The Kier molecular flexibility index (Phi) is 5.51. The Balaban J connectivity index is -0.000000150. The number of halogens is 6. The van der Waals surface area contributed by atoms with Crippen LogP contribution in [-0.2, 0) is 35.1 Å². The molecule has 0 aromatic carbocycles. The Hall–Kier alpha value is 0.729. The van der Waals surface area contributed by atoms with E-state index in [9.17, 15) is 21.3 Å². The molecule has 0 aromatic heterocycles. The first kappa shape index (κ1) is 19.3. The maximum atomic E-state index is 9.88. The van der Waals surface area contributed by atoms with Gasteiger partial charge in [0, 0.05) is 0 Å². The molecule has 4 nitrogen and oxygen atoms in total. The molecule has 0 N–H and O–H groups in total. The summed E-state index contributed by atoms with van der Waals surface area (Å²) in [5.41, 5.74) is 0. The molecule has 0 aromatic rings. The first-order valence-electron chi connectivity index (χ1n) is 1.53. The molecule has 13 heteroatoms. The van der Waals surface area contributed by atoms with Crippen molar-refractivity contribution in [3.63, 3.8) is 0 Å². The third-order valence-electron chi connectivity index (χ3n) is 0. The van der Waals surface area contributed by atoms with Gasteiger partial charge in [-0.3, -0.25) is 0 Å². The van der Waals surface area contributed by atoms with Gasteiger partial charge in [0.05, 0.1) is 0 Å². The Labute approximate surface area is 79.3 Å². The van der Waals surface area contributed by atoms with E-state index in [1.54, 1.807) is 0 Å². The van der Waals surface area contributed by atoms with Crippen molar-refractivity contribution >= 4 is 7.82 Å². The smallest absolute Gasteiger partial charge is 3.00 e. The van der Waals surface area contributed by atoms with Gasteiger partial charge in [0.2, 0.25) is 0 Å². The van der Waals surface area contributed by atoms with Crippen molar-refractivity contribution in [2.24, 2.45) is 0 Å². The van der Waals surface area contributed by atoms with Gasteiger partial charge < -0.3 is 19.2 Å². The Morgan fingerprint density at radius 2 is 0.846 bits per heavy atom. The van der Waals surface area contributed by atoms with E-state index in [2.05, 4.69) is 0 Å². The predicted molar refractivity (Wildman–Crippen MR) is 14.3 cm³/mol. The average Bonchev–Trinajstić information content (AvgIpc) is 1.04. The van der Waals surface area contributed by atoms with Gasteiger partial charge in [0.1, 0.15) is 0 Å². The largest absolute Gasteiger partial charge is 3.00 e. The van der Waals surface area contributed by atoms with Crippen LogP contribution < -0.4 is 14.7 Å².